The van der Waals surface area contributed by atoms with E-state index < -0.39 is 11.6 Å². The number of hydrogen-bond donors (Lipinski definition) is 0. The number of carbonyl (C=O) groups excluding carboxylic acids is 1. The molecule has 0 fully saturated rings. The van der Waals surface area contributed by atoms with Gasteiger partial charge in [-0.2, -0.15) is 11.8 Å². The van der Waals surface area contributed by atoms with Crippen molar-refractivity contribution < 1.29 is 18.3 Å². The molecule has 0 heterocycles. The minimum Gasteiger partial charge on any atom is -0.454 e. The van der Waals surface area contributed by atoms with Crippen molar-refractivity contribution in [3.63, 3.8) is 0 Å². The second-order valence-corrected chi connectivity index (χ2v) is 7.47. The molecule has 0 radical (unpaired) electrons. The molecule has 2 aromatic carbocycles. The van der Waals surface area contributed by atoms with E-state index in [1.54, 1.807) is 30.8 Å². The fourth-order valence-corrected chi connectivity index (χ4v) is 3.13. The lowest BCUT2D eigenvalue weighted by molar-refractivity contribution is -0.104. The van der Waals surface area contributed by atoms with Crippen molar-refractivity contribution in [3.8, 4) is 11.5 Å². The summed E-state index contributed by atoms with van der Waals surface area (Å²) in [6.45, 7) is 4.50. The van der Waals surface area contributed by atoms with Crippen LogP contribution in [0.15, 0.2) is 54.2 Å². The smallest absolute Gasteiger partial charge is 0.168 e. The van der Waals surface area contributed by atoms with Crippen molar-refractivity contribution in [1.29, 1.82) is 0 Å². The maximum Gasteiger partial charge on any atom is 0.168 e. The molecular formula is C23H25F2NO2S. The SMILES string of the molecule is CCN(C)/C=C(\C=C(\C)C=O)c1cc(CSC)ccc1Oc1ccc(F)cc1F. The van der Waals surface area contributed by atoms with Gasteiger partial charge in [-0.1, -0.05) is 6.07 Å². The first kappa shape index (κ1) is 22.7. The van der Waals surface area contributed by atoms with Crippen LogP contribution >= 0.6 is 11.8 Å². The van der Waals surface area contributed by atoms with E-state index in [2.05, 4.69) is 0 Å². The molecule has 2 rings (SSSR count). The molecule has 0 bridgehead atoms. The molecule has 0 spiro atoms. The van der Waals surface area contributed by atoms with Gasteiger partial charge in [0, 0.05) is 42.7 Å². The molecule has 0 saturated carbocycles. The highest BCUT2D eigenvalue weighted by Crippen LogP contribution is 2.34. The molecule has 0 aromatic heterocycles. The quantitative estimate of drug-likeness (QED) is 0.282. The second kappa shape index (κ2) is 10.8. The van der Waals surface area contributed by atoms with Crippen LogP contribution in [0.1, 0.15) is 25.0 Å². The van der Waals surface area contributed by atoms with Gasteiger partial charge in [0.15, 0.2) is 11.6 Å². The Kier molecular flexibility index (Phi) is 8.46. The summed E-state index contributed by atoms with van der Waals surface area (Å²) in [7, 11) is 1.93. The zero-order valence-electron chi connectivity index (χ0n) is 17.0. The summed E-state index contributed by atoms with van der Waals surface area (Å²) in [5.74, 6) is -0.290. The van der Waals surface area contributed by atoms with Gasteiger partial charge in [-0.15, -0.1) is 0 Å². The monoisotopic (exact) mass is 417 g/mol. The Morgan fingerprint density at radius 1 is 1.17 bits per heavy atom. The lowest BCUT2D eigenvalue weighted by Gasteiger charge is -2.18. The van der Waals surface area contributed by atoms with Gasteiger partial charge in [0.05, 0.1) is 0 Å². The Labute approximate surface area is 175 Å². The van der Waals surface area contributed by atoms with Gasteiger partial charge < -0.3 is 9.64 Å². The number of thioether (sulfide) groups is 1. The van der Waals surface area contributed by atoms with Crippen molar-refractivity contribution in [2.24, 2.45) is 0 Å². The van der Waals surface area contributed by atoms with Crippen LogP contribution in [0.5, 0.6) is 11.5 Å². The minimum atomic E-state index is -0.778. The molecule has 6 heteroatoms. The molecule has 0 saturated heterocycles. The third kappa shape index (κ3) is 6.46. The van der Waals surface area contributed by atoms with Crippen molar-refractivity contribution in [2.75, 3.05) is 19.8 Å². The highest BCUT2D eigenvalue weighted by Gasteiger charge is 2.14. The van der Waals surface area contributed by atoms with Crippen LogP contribution in [-0.4, -0.2) is 31.0 Å². The normalized spacial score (nSPS) is 12.1. The number of allylic oxidation sites excluding steroid dienone is 3. The molecule has 0 aliphatic rings. The number of nitrogens with zero attached hydrogens (tertiary/aromatic N) is 1. The van der Waals surface area contributed by atoms with Crippen LogP contribution in [-0.2, 0) is 10.5 Å². The Morgan fingerprint density at radius 3 is 2.52 bits per heavy atom. The highest BCUT2D eigenvalue weighted by molar-refractivity contribution is 7.97. The summed E-state index contributed by atoms with van der Waals surface area (Å²) in [5, 5.41) is 0. The van der Waals surface area contributed by atoms with Crippen molar-refractivity contribution in [2.45, 2.75) is 19.6 Å². The van der Waals surface area contributed by atoms with Crippen molar-refractivity contribution in [3.05, 3.63) is 77.0 Å². The third-order valence-electron chi connectivity index (χ3n) is 4.21. The Bertz CT molecular complexity index is 925. The molecule has 0 amide bonds. The number of ether oxygens (including phenoxy) is 1. The number of halogens is 2. The van der Waals surface area contributed by atoms with E-state index in [1.807, 2.05) is 43.5 Å². The lowest BCUT2D eigenvalue weighted by Crippen LogP contribution is -2.10. The first-order valence-corrected chi connectivity index (χ1v) is 10.6. The van der Waals surface area contributed by atoms with E-state index in [0.717, 1.165) is 47.4 Å². The number of benzene rings is 2. The van der Waals surface area contributed by atoms with Gasteiger partial charge in [-0.25, -0.2) is 8.78 Å². The molecule has 0 aliphatic carbocycles. The number of rotatable bonds is 9. The maximum atomic E-state index is 14.1. The molecule has 154 valence electrons. The van der Waals surface area contributed by atoms with Crippen LogP contribution in [0.3, 0.4) is 0 Å². The van der Waals surface area contributed by atoms with E-state index in [-0.39, 0.29) is 5.75 Å². The number of hydrogen-bond acceptors (Lipinski definition) is 4. The Hall–Kier alpha value is -2.60. The molecule has 0 aliphatic heterocycles. The molecular weight excluding hydrogens is 392 g/mol. The summed E-state index contributed by atoms with van der Waals surface area (Å²) in [6.07, 6.45) is 6.48. The van der Waals surface area contributed by atoms with E-state index in [9.17, 15) is 13.6 Å². The van der Waals surface area contributed by atoms with Crippen LogP contribution in [0.25, 0.3) is 5.57 Å². The molecule has 0 N–H and O–H groups in total. The minimum absolute atomic E-state index is 0.0652. The summed E-state index contributed by atoms with van der Waals surface area (Å²) >= 11 is 1.68. The lowest BCUT2D eigenvalue weighted by atomic mass is 10.0. The zero-order chi connectivity index (χ0) is 21.4. The number of carbonyl (C=O) groups is 1. The van der Waals surface area contributed by atoms with Crippen LogP contribution in [0, 0.1) is 11.6 Å². The van der Waals surface area contributed by atoms with Gasteiger partial charge in [0.2, 0.25) is 0 Å². The van der Waals surface area contributed by atoms with Gasteiger partial charge in [-0.05, 0) is 61.6 Å². The average Bonchev–Trinajstić information content (AvgIpc) is 2.70. The van der Waals surface area contributed by atoms with Crippen molar-refractivity contribution in [1.82, 2.24) is 4.90 Å². The van der Waals surface area contributed by atoms with Crippen molar-refractivity contribution >= 4 is 23.6 Å². The van der Waals surface area contributed by atoms with Crippen LogP contribution in [0.4, 0.5) is 8.78 Å². The van der Waals surface area contributed by atoms with Crippen LogP contribution < -0.4 is 4.74 Å². The molecule has 3 nitrogen and oxygen atoms in total. The fourth-order valence-electron chi connectivity index (χ4n) is 2.62. The average molecular weight is 418 g/mol. The van der Waals surface area contributed by atoms with E-state index in [4.69, 9.17) is 4.74 Å². The predicted molar refractivity (Wildman–Crippen MR) is 116 cm³/mol. The summed E-state index contributed by atoms with van der Waals surface area (Å²) in [4.78, 5) is 13.2. The molecule has 0 atom stereocenters. The topological polar surface area (TPSA) is 29.5 Å². The Balaban J connectivity index is 2.61. The van der Waals surface area contributed by atoms with Gasteiger partial charge in [-0.3, -0.25) is 4.79 Å². The van der Waals surface area contributed by atoms with Gasteiger partial charge in [0.25, 0.3) is 0 Å². The van der Waals surface area contributed by atoms with Crippen LogP contribution in [0.2, 0.25) is 0 Å². The first-order valence-electron chi connectivity index (χ1n) is 9.18. The van der Waals surface area contributed by atoms with Gasteiger partial charge in [0.1, 0.15) is 17.9 Å². The third-order valence-corrected chi connectivity index (χ3v) is 4.83. The van der Waals surface area contributed by atoms with E-state index >= 15 is 0 Å². The summed E-state index contributed by atoms with van der Waals surface area (Å²) < 4.78 is 33.2. The second-order valence-electron chi connectivity index (χ2n) is 6.60. The Morgan fingerprint density at radius 2 is 1.90 bits per heavy atom. The van der Waals surface area contributed by atoms with E-state index in [1.165, 1.54) is 6.07 Å². The molecule has 0 unspecified atom stereocenters. The van der Waals surface area contributed by atoms with Gasteiger partial charge >= 0.3 is 0 Å². The zero-order valence-corrected chi connectivity index (χ0v) is 17.9. The fraction of sp³-hybridized carbons (Fsp3) is 0.261. The summed E-state index contributed by atoms with van der Waals surface area (Å²) in [5.41, 5.74) is 3.11. The summed E-state index contributed by atoms with van der Waals surface area (Å²) in [6, 6.07) is 8.85. The predicted octanol–water partition coefficient (Wildman–Crippen LogP) is 6.06. The standard InChI is InChI=1S/C23H25F2NO2S/c1-5-26(3)13-18(10-16(2)14-27)20-11-17(15-29-4)6-8-22(20)28-23-9-7-19(24)12-21(23)25/h6-14H,5,15H2,1-4H3/b16-10-,18-13+. The van der Waals surface area contributed by atoms with E-state index in [0.29, 0.717) is 11.3 Å². The largest absolute Gasteiger partial charge is 0.454 e. The first-order chi connectivity index (χ1) is 13.9. The molecule has 2 aromatic rings. The molecule has 29 heavy (non-hydrogen) atoms. The highest BCUT2D eigenvalue weighted by atomic mass is 32.2. The maximum absolute atomic E-state index is 14.1. The number of aldehydes is 1.